The van der Waals surface area contributed by atoms with Gasteiger partial charge in [-0.1, -0.05) is 12.1 Å². The van der Waals surface area contributed by atoms with E-state index in [4.69, 9.17) is 0 Å². The number of rotatable bonds is 3. The predicted octanol–water partition coefficient (Wildman–Crippen LogP) is 0.502. The van der Waals surface area contributed by atoms with Crippen molar-refractivity contribution >= 4 is 15.9 Å². The van der Waals surface area contributed by atoms with Crippen LogP contribution in [-0.2, 0) is 14.8 Å². The first-order chi connectivity index (χ1) is 8.95. The van der Waals surface area contributed by atoms with Gasteiger partial charge in [0.15, 0.2) is 0 Å². The topological polar surface area (TPSA) is 66.5 Å². The Morgan fingerprint density at radius 3 is 2.79 bits per heavy atom. The summed E-state index contributed by atoms with van der Waals surface area (Å²) in [6.07, 6.45) is 1.55. The highest BCUT2D eigenvalue weighted by Crippen LogP contribution is 2.21. The molecule has 1 amide bonds. The van der Waals surface area contributed by atoms with Crippen molar-refractivity contribution in [1.82, 2.24) is 9.62 Å². The molecule has 0 atom stereocenters. The molecule has 0 aromatic heterocycles. The van der Waals surface area contributed by atoms with Gasteiger partial charge in [-0.05, 0) is 18.2 Å². The van der Waals surface area contributed by atoms with E-state index in [1.807, 2.05) is 0 Å². The first kappa shape index (κ1) is 13.7. The molecule has 1 aliphatic rings. The fraction of sp³-hybridized carbons (Fsp3) is 0.250. The second-order valence-electron chi connectivity index (χ2n) is 4.06. The molecule has 0 radical (unpaired) electrons. The Kier molecular flexibility index (Phi) is 3.68. The van der Waals surface area contributed by atoms with Gasteiger partial charge < -0.3 is 5.32 Å². The molecular weight excluding hydrogens is 271 g/mol. The third-order valence-electron chi connectivity index (χ3n) is 2.84. The van der Waals surface area contributed by atoms with Crippen LogP contribution in [0.1, 0.15) is 0 Å². The molecule has 2 rings (SSSR count). The van der Waals surface area contributed by atoms with Gasteiger partial charge in [0.1, 0.15) is 5.82 Å². The maximum Gasteiger partial charge on any atom is 0.248 e. The second-order valence-corrected chi connectivity index (χ2v) is 6.00. The molecule has 102 valence electrons. The molecule has 7 heteroatoms. The summed E-state index contributed by atoms with van der Waals surface area (Å²) in [6.45, 7) is 0.111. The van der Waals surface area contributed by atoms with Gasteiger partial charge in [-0.3, -0.25) is 4.79 Å². The van der Waals surface area contributed by atoms with E-state index in [2.05, 4.69) is 5.32 Å². The number of halogens is 1. The number of hydrogen-bond acceptors (Lipinski definition) is 3. The molecule has 1 aromatic carbocycles. The number of benzene rings is 1. The largest absolute Gasteiger partial charge is 0.355 e. The lowest BCUT2D eigenvalue weighted by atomic mass is 10.3. The summed E-state index contributed by atoms with van der Waals surface area (Å²) in [5.74, 6) is -0.920. The lowest BCUT2D eigenvalue weighted by Gasteiger charge is -2.16. The van der Waals surface area contributed by atoms with E-state index in [9.17, 15) is 17.6 Å². The Morgan fingerprint density at radius 2 is 2.16 bits per heavy atom. The van der Waals surface area contributed by atoms with Gasteiger partial charge in [0.05, 0.1) is 4.90 Å². The minimum atomic E-state index is -3.77. The maximum atomic E-state index is 13.1. The SMILES string of the molecule is CNC(=O)C1=CCN(S(=O)(=O)c2cccc(F)c2)C1. The molecule has 0 spiro atoms. The summed E-state index contributed by atoms with van der Waals surface area (Å²) in [7, 11) is -2.30. The van der Waals surface area contributed by atoms with Crippen molar-refractivity contribution in [1.29, 1.82) is 0 Å². The zero-order chi connectivity index (χ0) is 14.0. The molecule has 0 fully saturated rings. The highest BCUT2D eigenvalue weighted by molar-refractivity contribution is 7.89. The number of hydrogen-bond donors (Lipinski definition) is 1. The molecule has 1 aliphatic heterocycles. The molecule has 1 N–H and O–H groups in total. The normalized spacial score (nSPS) is 16.2. The van der Waals surface area contributed by atoms with Crippen LogP contribution < -0.4 is 5.32 Å². The van der Waals surface area contributed by atoms with Crippen molar-refractivity contribution in [3.8, 4) is 0 Å². The number of carbonyl (C=O) groups excluding carboxylic acids is 1. The van der Waals surface area contributed by atoms with Crippen LogP contribution in [0.3, 0.4) is 0 Å². The van der Waals surface area contributed by atoms with Crippen molar-refractivity contribution in [3.63, 3.8) is 0 Å². The Balaban J connectivity index is 2.22. The Bertz CT molecular complexity index is 640. The summed E-state index contributed by atoms with van der Waals surface area (Å²) in [6, 6.07) is 4.81. The third kappa shape index (κ3) is 2.66. The van der Waals surface area contributed by atoms with Gasteiger partial charge in [-0.2, -0.15) is 4.31 Å². The average molecular weight is 284 g/mol. The molecular formula is C12H13FN2O3S. The van der Waals surface area contributed by atoms with Gasteiger partial charge in [0.2, 0.25) is 15.9 Å². The minimum Gasteiger partial charge on any atom is -0.355 e. The highest BCUT2D eigenvalue weighted by atomic mass is 32.2. The van der Waals surface area contributed by atoms with Gasteiger partial charge in [-0.15, -0.1) is 0 Å². The fourth-order valence-electron chi connectivity index (χ4n) is 1.82. The van der Waals surface area contributed by atoms with Crippen LogP contribution >= 0.6 is 0 Å². The summed E-state index contributed by atoms with van der Waals surface area (Å²) in [5.41, 5.74) is 0.391. The lowest BCUT2D eigenvalue weighted by molar-refractivity contribution is -0.117. The molecule has 1 aromatic rings. The van der Waals surface area contributed by atoms with E-state index >= 15 is 0 Å². The Morgan fingerprint density at radius 1 is 1.42 bits per heavy atom. The Hall–Kier alpha value is -1.73. The van der Waals surface area contributed by atoms with Crippen LogP contribution in [0.15, 0.2) is 40.8 Å². The van der Waals surface area contributed by atoms with Crippen molar-refractivity contribution in [2.24, 2.45) is 0 Å². The highest BCUT2D eigenvalue weighted by Gasteiger charge is 2.30. The van der Waals surface area contributed by atoms with Crippen molar-refractivity contribution in [2.45, 2.75) is 4.90 Å². The van der Waals surface area contributed by atoms with Crippen molar-refractivity contribution in [3.05, 3.63) is 41.7 Å². The first-order valence-electron chi connectivity index (χ1n) is 5.62. The summed E-state index contributed by atoms with van der Waals surface area (Å²) in [4.78, 5) is 11.3. The van der Waals surface area contributed by atoms with E-state index in [-0.39, 0.29) is 23.9 Å². The van der Waals surface area contributed by atoms with Crippen LogP contribution in [0, 0.1) is 5.82 Å². The Labute approximate surface area is 110 Å². The molecule has 0 saturated heterocycles. The van der Waals surface area contributed by atoms with Crippen LogP contribution in [0.5, 0.6) is 0 Å². The molecule has 5 nitrogen and oxygen atoms in total. The smallest absolute Gasteiger partial charge is 0.248 e. The van der Waals surface area contributed by atoms with Crippen molar-refractivity contribution < 1.29 is 17.6 Å². The quantitative estimate of drug-likeness (QED) is 0.879. The fourth-order valence-corrected chi connectivity index (χ4v) is 3.21. The van der Waals surface area contributed by atoms with E-state index in [0.29, 0.717) is 5.57 Å². The second kappa shape index (κ2) is 5.10. The van der Waals surface area contributed by atoms with Gasteiger partial charge in [-0.25, -0.2) is 12.8 Å². The van der Waals surface area contributed by atoms with Crippen LogP contribution in [-0.4, -0.2) is 38.8 Å². The van der Waals surface area contributed by atoms with Gasteiger partial charge in [0, 0.05) is 25.7 Å². The maximum absolute atomic E-state index is 13.1. The van der Waals surface area contributed by atoms with Crippen LogP contribution in [0.4, 0.5) is 4.39 Å². The zero-order valence-electron chi connectivity index (χ0n) is 10.3. The average Bonchev–Trinajstić information content (AvgIpc) is 2.88. The summed E-state index contributed by atoms with van der Waals surface area (Å²) in [5, 5.41) is 2.44. The number of carbonyl (C=O) groups is 1. The molecule has 0 aliphatic carbocycles. The van der Waals surface area contributed by atoms with Gasteiger partial charge in [0.25, 0.3) is 0 Å². The number of amides is 1. The summed E-state index contributed by atoms with van der Waals surface area (Å²) < 4.78 is 38.7. The number of sulfonamides is 1. The predicted molar refractivity (Wildman–Crippen MR) is 67.3 cm³/mol. The zero-order valence-corrected chi connectivity index (χ0v) is 11.1. The molecule has 0 unspecified atom stereocenters. The van der Waals surface area contributed by atoms with E-state index in [1.54, 1.807) is 6.08 Å². The van der Waals surface area contributed by atoms with E-state index < -0.39 is 15.8 Å². The van der Waals surface area contributed by atoms with Crippen LogP contribution in [0.2, 0.25) is 0 Å². The van der Waals surface area contributed by atoms with Crippen molar-refractivity contribution in [2.75, 3.05) is 20.1 Å². The lowest BCUT2D eigenvalue weighted by Crippen LogP contribution is -2.31. The van der Waals surface area contributed by atoms with Gasteiger partial charge >= 0.3 is 0 Å². The van der Waals surface area contributed by atoms with Crippen LogP contribution in [0.25, 0.3) is 0 Å². The molecule has 0 saturated carbocycles. The first-order valence-corrected chi connectivity index (χ1v) is 7.06. The molecule has 19 heavy (non-hydrogen) atoms. The third-order valence-corrected chi connectivity index (χ3v) is 4.65. The number of nitrogens with one attached hydrogen (secondary N) is 1. The number of likely N-dealkylation sites (N-methyl/N-ethyl adjacent to an activating group) is 1. The molecule has 1 heterocycles. The van der Waals surface area contributed by atoms with E-state index in [1.165, 1.54) is 25.2 Å². The minimum absolute atomic E-state index is 0.00147. The standard InChI is InChI=1S/C12H13FN2O3S/c1-14-12(16)9-5-6-15(8-9)19(17,18)11-4-2-3-10(13)7-11/h2-5,7H,6,8H2,1H3,(H,14,16). The summed E-state index contributed by atoms with van der Waals surface area (Å²) >= 11 is 0. The van der Waals surface area contributed by atoms with E-state index in [0.717, 1.165) is 10.4 Å². The molecule has 0 bridgehead atoms. The number of nitrogens with zero attached hydrogens (tertiary/aromatic N) is 1. The monoisotopic (exact) mass is 284 g/mol.